The van der Waals surface area contributed by atoms with Crippen molar-refractivity contribution in [2.45, 2.75) is 44.2 Å². The van der Waals surface area contributed by atoms with Gasteiger partial charge in [0, 0.05) is 22.7 Å². The van der Waals surface area contributed by atoms with Gasteiger partial charge in [0.05, 0.1) is 19.1 Å². The van der Waals surface area contributed by atoms with Crippen molar-refractivity contribution in [3.05, 3.63) is 34.9 Å². The number of nitrogens with zero attached hydrogens (tertiary/aromatic N) is 1. The molecule has 3 unspecified atom stereocenters. The van der Waals surface area contributed by atoms with Gasteiger partial charge in [-0.3, -0.25) is 4.79 Å². The predicted molar refractivity (Wildman–Crippen MR) is 98.5 cm³/mol. The van der Waals surface area contributed by atoms with Crippen LogP contribution in [0.2, 0.25) is 5.02 Å². The van der Waals surface area contributed by atoms with Crippen LogP contribution < -0.4 is 5.73 Å². The van der Waals surface area contributed by atoms with E-state index >= 15 is 0 Å². The summed E-state index contributed by atoms with van der Waals surface area (Å²) in [5.41, 5.74) is 6.95. The van der Waals surface area contributed by atoms with Gasteiger partial charge < -0.3 is 15.4 Å². The van der Waals surface area contributed by atoms with Gasteiger partial charge in [0.1, 0.15) is 6.10 Å². The predicted octanol–water partition coefficient (Wildman–Crippen LogP) is 3.57. The van der Waals surface area contributed by atoms with Crippen molar-refractivity contribution in [2.75, 3.05) is 19.7 Å². The fourth-order valence-corrected chi connectivity index (χ4v) is 4.02. The van der Waals surface area contributed by atoms with Gasteiger partial charge in [0.2, 0.25) is 5.91 Å². The average Bonchev–Trinajstić information content (AvgIpc) is 2.54. The van der Waals surface area contributed by atoms with E-state index in [1.54, 1.807) is 0 Å². The Bertz CT molecular complexity index is 580. The Kier molecular flexibility index (Phi) is 6.54. The molecule has 1 saturated heterocycles. The molecule has 6 heteroatoms. The molecule has 4 nitrogen and oxygen atoms in total. The zero-order valence-corrected chi connectivity index (χ0v) is 15.6. The third-order valence-electron chi connectivity index (χ3n) is 5.18. The van der Waals surface area contributed by atoms with E-state index < -0.39 is 5.54 Å². The van der Waals surface area contributed by atoms with Gasteiger partial charge in [-0.1, -0.05) is 42.6 Å². The summed E-state index contributed by atoms with van der Waals surface area (Å²) in [7, 11) is 0. The number of nitrogens with two attached hydrogens (primary N) is 1. The van der Waals surface area contributed by atoms with Crippen LogP contribution >= 0.6 is 24.0 Å². The number of benzene rings is 1. The van der Waals surface area contributed by atoms with Gasteiger partial charge in [-0.15, -0.1) is 12.4 Å². The Morgan fingerprint density at radius 3 is 2.83 bits per heavy atom. The lowest BCUT2D eigenvalue weighted by atomic mass is 9.74. The highest BCUT2D eigenvalue weighted by Crippen LogP contribution is 2.35. The second kappa shape index (κ2) is 8.05. The van der Waals surface area contributed by atoms with E-state index in [4.69, 9.17) is 22.1 Å². The summed E-state index contributed by atoms with van der Waals surface area (Å²) >= 11 is 6.28. The second-order valence-corrected chi connectivity index (χ2v) is 7.38. The number of halogens is 2. The van der Waals surface area contributed by atoms with Crippen LogP contribution in [0.3, 0.4) is 0 Å². The van der Waals surface area contributed by atoms with E-state index in [1.807, 2.05) is 36.1 Å². The van der Waals surface area contributed by atoms with Crippen molar-refractivity contribution in [1.29, 1.82) is 0 Å². The van der Waals surface area contributed by atoms with Crippen LogP contribution in [0.5, 0.6) is 0 Å². The standard InChI is InChI=1S/C18H25ClN2O2.ClH/c1-18(20)9-5-4-7-14(18)17(22)21-10-11-23-16(12-21)13-6-2-3-8-15(13)19;/h2-3,6,8,14,16H,4-5,7,9-12,20H2,1H3;1H. The van der Waals surface area contributed by atoms with Crippen molar-refractivity contribution >= 4 is 29.9 Å². The first kappa shape index (κ1) is 19.5. The molecule has 2 fully saturated rings. The number of morpholine rings is 1. The van der Waals surface area contributed by atoms with E-state index in [2.05, 4.69) is 0 Å². The summed E-state index contributed by atoms with van der Waals surface area (Å²) in [6.07, 6.45) is 3.85. The fraction of sp³-hybridized carbons (Fsp3) is 0.611. The van der Waals surface area contributed by atoms with E-state index in [0.29, 0.717) is 24.7 Å². The lowest BCUT2D eigenvalue weighted by molar-refractivity contribution is -0.146. The second-order valence-electron chi connectivity index (χ2n) is 6.97. The van der Waals surface area contributed by atoms with E-state index in [9.17, 15) is 4.79 Å². The number of carbonyl (C=O) groups is 1. The molecule has 2 N–H and O–H groups in total. The number of hydrogen-bond acceptors (Lipinski definition) is 3. The third-order valence-corrected chi connectivity index (χ3v) is 5.53. The van der Waals surface area contributed by atoms with Crippen molar-refractivity contribution in [3.8, 4) is 0 Å². The van der Waals surface area contributed by atoms with Crippen LogP contribution in [0.15, 0.2) is 24.3 Å². The topological polar surface area (TPSA) is 55.6 Å². The summed E-state index contributed by atoms with van der Waals surface area (Å²) in [5.74, 6) is 0.0938. The zero-order chi connectivity index (χ0) is 16.4. The Balaban J connectivity index is 0.00000208. The van der Waals surface area contributed by atoms with E-state index in [1.165, 1.54) is 0 Å². The molecule has 1 aliphatic carbocycles. The maximum Gasteiger partial charge on any atom is 0.227 e. The van der Waals surface area contributed by atoms with Gasteiger partial charge >= 0.3 is 0 Å². The summed E-state index contributed by atoms with van der Waals surface area (Å²) in [6.45, 7) is 3.73. The number of ether oxygens (including phenoxy) is 1. The number of hydrogen-bond donors (Lipinski definition) is 1. The van der Waals surface area contributed by atoms with Crippen LogP contribution in [0.1, 0.15) is 44.3 Å². The third kappa shape index (κ3) is 4.05. The first-order chi connectivity index (χ1) is 11.0. The Morgan fingerprint density at radius 1 is 1.38 bits per heavy atom. The number of carbonyl (C=O) groups excluding carboxylic acids is 1. The molecule has 0 aromatic heterocycles. The lowest BCUT2D eigenvalue weighted by Crippen LogP contribution is -2.55. The molecule has 0 spiro atoms. The number of rotatable bonds is 2. The molecular formula is C18H26Cl2N2O2. The van der Waals surface area contributed by atoms with Gasteiger partial charge in [-0.05, 0) is 25.8 Å². The first-order valence-corrected chi connectivity index (χ1v) is 8.80. The zero-order valence-electron chi connectivity index (χ0n) is 14.0. The average molecular weight is 373 g/mol. The quantitative estimate of drug-likeness (QED) is 0.862. The smallest absolute Gasteiger partial charge is 0.227 e. The molecule has 1 aromatic rings. The summed E-state index contributed by atoms with van der Waals surface area (Å²) in [4.78, 5) is 14.9. The van der Waals surface area contributed by atoms with Gasteiger partial charge in [0.15, 0.2) is 0 Å². The highest BCUT2D eigenvalue weighted by molar-refractivity contribution is 6.31. The fourth-order valence-electron chi connectivity index (χ4n) is 3.76. The normalized spacial score (nSPS) is 30.5. The molecule has 1 aromatic carbocycles. The molecule has 3 atom stereocenters. The molecule has 1 aliphatic heterocycles. The highest BCUT2D eigenvalue weighted by atomic mass is 35.5. The minimum Gasteiger partial charge on any atom is -0.370 e. The molecule has 134 valence electrons. The van der Waals surface area contributed by atoms with Crippen LogP contribution in [-0.2, 0) is 9.53 Å². The molecule has 3 rings (SSSR count). The Morgan fingerprint density at radius 2 is 2.12 bits per heavy atom. The van der Waals surface area contributed by atoms with Crippen LogP contribution in [0.25, 0.3) is 0 Å². The Labute approximate surface area is 155 Å². The summed E-state index contributed by atoms with van der Waals surface area (Å²) in [6, 6.07) is 7.68. The SMILES string of the molecule is CC1(N)CCCCC1C(=O)N1CCOC(c2ccccc2Cl)C1.Cl. The van der Waals surface area contributed by atoms with Crippen molar-refractivity contribution in [2.24, 2.45) is 11.7 Å². The molecule has 1 amide bonds. The first-order valence-electron chi connectivity index (χ1n) is 8.43. The van der Waals surface area contributed by atoms with Crippen LogP contribution in [0.4, 0.5) is 0 Å². The van der Waals surface area contributed by atoms with Crippen molar-refractivity contribution in [3.63, 3.8) is 0 Å². The van der Waals surface area contributed by atoms with Crippen LogP contribution in [0, 0.1) is 5.92 Å². The maximum absolute atomic E-state index is 13.0. The van der Waals surface area contributed by atoms with Gasteiger partial charge in [0.25, 0.3) is 0 Å². The maximum atomic E-state index is 13.0. The molecular weight excluding hydrogens is 347 g/mol. The Hall–Kier alpha value is -0.810. The van der Waals surface area contributed by atoms with Gasteiger partial charge in [-0.25, -0.2) is 0 Å². The van der Waals surface area contributed by atoms with E-state index in [0.717, 1.165) is 31.2 Å². The minimum atomic E-state index is -0.395. The van der Waals surface area contributed by atoms with Crippen molar-refractivity contribution < 1.29 is 9.53 Å². The molecule has 24 heavy (non-hydrogen) atoms. The molecule has 1 saturated carbocycles. The lowest BCUT2D eigenvalue weighted by Gasteiger charge is -2.42. The van der Waals surface area contributed by atoms with Crippen molar-refractivity contribution in [1.82, 2.24) is 4.90 Å². The summed E-state index contributed by atoms with van der Waals surface area (Å²) in [5, 5.41) is 0.688. The van der Waals surface area contributed by atoms with Gasteiger partial charge in [-0.2, -0.15) is 0 Å². The van der Waals surface area contributed by atoms with E-state index in [-0.39, 0.29) is 30.3 Å². The highest BCUT2D eigenvalue weighted by Gasteiger charge is 2.41. The molecule has 1 heterocycles. The molecule has 0 bridgehead atoms. The minimum absolute atomic E-state index is 0. The number of amides is 1. The molecule has 0 radical (unpaired) electrons. The summed E-state index contributed by atoms with van der Waals surface area (Å²) < 4.78 is 5.85. The molecule has 2 aliphatic rings. The monoisotopic (exact) mass is 372 g/mol. The largest absolute Gasteiger partial charge is 0.370 e. The van der Waals surface area contributed by atoms with Crippen LogP contribution in [-0.4, -0.2) is 36.0 Å².